The van der Waals surface area contributed by atoms with Crippen molar-refractivity contribution in [3.63, 3.8) is 0 Å². The number of hydrogen-bond acceptors (Lipinski definition) is 6. The summed E-state index contributed by atoms with van der Waals surface area (Å²) < 4.78 is 5.60. The number of H-pyrrole nitrogens is 1. The quantitative estimate of drug-likeness (QED) is 0.412. The Morgan fingerprint density at radius 1 is 0.848 bits per heavy atom. The number of aromatic nitrogens is 7. The second-order valence-corrected chi connectivity index (χ2v) is 7.44. The molecule has 0 saturated heterocycles. The van der Waals surface area contributed by atoms with E-state index in [0.29, 0.717) is 19.5 Å². The Bertz CT molecular complexity index is 1460. The number of fused-ring (bicyclic) bond motifs is 1. The molecule has 1 N–H and O–H groups in total. The summed E-state index contributed by atoms with van der Waals surface area (Å²) in [6.45, 7) is 11.1. The Labute approximate surface area is 187 Å². The third-order valence-corrected chi connectivity index (χ3v) is 5.32. The first-order chi connectivity index (χ1) is 15.8. The summed E-state index contributed by atoms with van der Waals surface area (Å²) in [7, 11) is 0. The lowest BCUT2D eigenvalue weighted by molar-refractivity contribution is 0.487. The molecule has 3 aromatic rings. The van der Waals surface area contributed by atoms with Crippen LogP contribution in [0.4, 0.5) is 0 Å². The summed E-state index contributed by atoms with van der Waals surface area (Å²) in [6, 6.07) is 0. The van der Waals surface area contributed by atoms with Crippen molar-refractivity contribution in [2.24, 2.45) is 0 Å². The van der Waals surface area contributed by atoms with Gasteiger partial charge in [-0.15, -0.1) is 13.2 Å². The molecule has 0 aliphatic rings. The fraction of sp³-hybridized carbons (Fsp3) is 0.429. The maximum atomic E-state index is 13.0. The van der Waals surface area contributed by atoms with E-state index in [4.69, 9.17) is 0 Å². The highest BCUT2D eigenvalue weighted by atomic mass is 16.2. The summed E-state index contributed by atoms with van der Waals surface area (Å²) in [5.41, 5.74) is -3.21. The van der Waals surface area contributed by atoms with Gasteiger partial charge in [0.25, 0.3) is 5.56 Å². The molecule has 0 amide bonds. The maximum Gasteiger partial charge on any atom is 0.337 e. The number of unbranched alkanes of at least 4 members (excludes halogenated alkanes) is 1. The largest absolute Gasteiger partial charge is 0.337 e. The van der Waals surface area contributed by atoms with E-state index < -0.39 is 28.3 Å². The summed E-state index contributed by atoms with van der Waals surface area (Å²) in [5.74, 6) is 0.238. The summed E-state index contributed by atoms with van der Waals surface area (Å²) >= 11 is 0. The Morgan fingerprint density at radius 3 is 1.94 bits per heavy atom. The molecule has 0 bridgehead atoms. The van der Waals surface area contributed by atoms with Gasteiger partial charge in [-0.1, -0.05) is 25.5 Å². The topological polar surface area (TPSA) is 139 Å². The minimum Gasteiger partial charge on any atom is -0.321 e. The molecule has 33 heavy (non-hydrogen) atoms. The molecule has 3 aromatic heterocycles. The van der Waals surface area contributed by atoms with Crippen molar-refractivity contribution < 1.29 is 0 Å². The number of hydrogen-bond donors (Lipinski definition) is 1. The van der Waals surface area contributed by atoms with Crippen molar-refractivity contribution >= 4 is 11.2 Å². The first-order valence-corrected chi connectivity index (χ1v) is 10.7. The van der Waals surface area contributed by atoms with Crippen LogP contribution in [0.25, 0.3) is 11.2 Å². The molecular weight excluding hydrogens is 430 g/mol. The number of allylic oxidation sites excluding steroid dienone is 2. The van der Waals surface area contributed by atoms with Gasteiger partial charge < -0.3 is 4.57 Å². The van der Waals surface area contributed by atoms with Gasteiger partial charge in [0.05, 0.1) is 19.6 Å². The molecule has 12 heteroatoms. The van der Waals surface area contributed by atoms with Gasteiger partial charge in [0, 0.05) is 13.1 Å². The van der Waals surface area contributed by atoms with Gasteiger partial charge in [-0.2, -0.15) is 0 Å². The number of nitrogens with zero attached hydrogens (tertiary/aromatic N) is 6. The van der Waals surface area contributed by atoms with E-state index in [-0.39, 0.29) is 36.6 Å². The monoisotopic (exact) mass is 457 g/mol. The van der Waals surface area contributed by atoms with Gasteiger partial charge in [0.1, 0.15) is 5.82 Å². The van der Waals surface area contributed by atoms with Crippen molar-refractivity contribution in [3.8, 4) is 0 Å². The van der Waals surface area contributed by atoms with Crippen LogP contribution in [-0.2, 0) is 32.7 Å². The second-order valence-electron chi connectivity index (χ2n) is 7.44. The Hall–Kier alpha value is -3.96. The standard InChI is InChI=1S/C21H27N7O5/c1-5-9-12-25-16-15(17(29)23-18(25)30)24(8-4)14(22-16)13-28-20(32)26(10-6-2)19(31)27(11-7-3)21(28)33/h6-7H,2-3,5,8-13H2,1,4H3,(H,23,29,30). The number of nitrogens with one attached hydrogen (secondary N) is 1. The van der Waals surface area contributed by atoms with E-state index in [2.05, 4.69) is 23.1 Å². The van der Waals surface area contributed by atoms with E-state index >= 15 is 0 Å². The molecule has 0 fully saturated rings. The van der Waals surface area contributed by atoms with E-state index in [0.717, 1.165) is 20.1 Å². The number of aryl methyl sites for hydroxylation is 2. The molecule has 3 rings (SSSR count). The first kappa shape index (κ1) is 23.7. The van der Waals surface area contributed by atoms with Crippen molar-refractivity contribution in [3.05, 3.63) is 83.4 Å². The molecule has 0 radical (unpaired) electrons. The van der Waals surface area contributed by atoms with Crippen LogP contribution in [-0.4, -0.2) is 32.8 Å². The van der Waals surface area contributed by atoms with Crippen LogP contribution in [0.3, 0.4) is 0 Å². The smallest absolute Gasteiger partial charge is 0.321 e. The average molecular weight is 457 g/mol. The van der Waals surface area contributed by atoms with Crippen LogP contribution in [0.5, 0.6) is 0 Å². The number of aromatic amines is 1. The molecule has 0 unspecified atom stereocenters. The van der Waals surface area contributed by atoms with E-state index in [9.17, 15) is 24.0 Å². The highest BCUT2D eigenvalue weighted by Gasteiger charge is 2.21. The molecule has 3 heterocycles. The van der Waals surface area contributed by atoms with Crippen LogP contribution >= 0.6 is 0 Å². The maximum absolute atomic E-state index is 13.0. The van der Waals surface area contributed by atoms with Gasteiger partial charge in [0.15, 0.2) is 11.2 Å². The van der Waals surface area contributed by atoms with Crippen LogP contribution in [0.15, 0.2) is 49.3 Å². The van der Waals surface area contributed by atoms with Gasteiger partial charge >= 0.3 is 22.8 Å². The van der Waals surface area contributed by atoms with Crippen LogP contribution in [0, 0.1) is 0 Å². The van der Waals surface area contributed by atoms with Crippen molar-refractivity contribution in [1.29, 1.82) is 0 Å². The summed E-state index contributed by atoms with van der Waals surface area (Å²) in [4.78, 5) is 70.4. The van der Waals surface area contributed by atoms with Crippen LogP contribution in [0.2, 0.25) is 0 Å². The van der Waals surface area contributed by atoms with E-state index in [1.807, 2.05) is 6.92 Å². The molecule has 0 aromatic carbocycles. The molecule has 0 aliphatic carbocycles. The molecule has 176 valence electrons. The van der Waals surface area contributed by atoms with Crippen LogP contribution < -0.4 is 28.3 Å². The highest BCUT2D eigenvalue weighted by molar-refractivity contribution is 5.71. The lowest BCUT2D eigenvalue weighted by Crippen LogP contribution is -2.54. The Morgan fingerprint density at radius 2 is 1.42 bits per heavy atom. The first-order valence-electron chi connectivity index (χ1n) is 10.7. The third-order valence-electron chi connectivity index (χ3n) is 5.32. The van der Waals surface area contributed by atoms with Crippen LogP contribution in [0.1, 0.15) is 32.5 Å². The highest BCUT2D eigenvalue weighted by Crippen LogP contribution is 2.12. The van der Waals surface area contributed by atoms with Crippen molar-refractivity contribution in [2.75, 3.05) is 0 Å². The van der Waals surface area contributed by atoms with Gasteiger partial charge in [-0.3, -0.25) is 14.3 Å². The summed E-state index contributed by atoms with van der Waals surface area (Å²) in [5, 5.41) is 0. The number of rotatable bonds is 10. The van der Waals surface area contributed by atoms with E-state index in [1.165, 1.54) is 16.7 Å². The zero-order valence-electron chi connectivity index (χ0n) is 18.7. The molecule has 0 spiro atoms. The molecule has 0 atom stereocenters. The normalized spacial score (nSPS) is 11.2. The predicted octanol–water partition coefficient (Wildman–Crippen LogP) is -0.388. The lowest BCUT2D eigenvalue weighted by atomic mass is 10.3. The average Bonchev–Trinajstić information content (AvgIpc) is 3.15. The minimum atomic E-state index is -0.822. The second kappa shape index (κ2) is 9.67. The molecule has 12 nitrogen and oxygen atoms in total. The Kier molecular flexibility index (Phi) is 6.95. The van der Waals surface area contributed by atoms with Crippen molar-refractivity contribution in [1.82, 2.24) is 32.8 Å². The summed E-state index contributed by atoms with van der Waals surface area (Å²) in [6.07, 6.45) is 4.29. The minimum absolute atomic E-state index is 0.0878. The molecule has 0 aliphatic heterocycles. The third kappa shape index (κ3) is 4.11. The Balaban J connectivity index is 2.32. The lowest BCUT2D eigenvalue weighted by Gasteiger charge is -2.12. The van der Waals surface area contributed by atoms with Gasteiger partial charge in [-0.25, -0.2) is 37.9 Å². The van der Waals surface area contributed by atoms with Gasteiger partial charge in [0.2, 0.25) is 0 Å². The zero-order valence-corrected chi connectivity index (χ0v) is 18.7. The fourth-order valence-electron chi connectivity index (χ4n) is 3.73. The molecule has 0 saturated carbocycles. The predicted molar refractivity (Wildman–Crippen MR) is 124 cm³/mol. The fourth-order valence-corrected chi connectivity index (χ4v) is 3.73. The zero-order chi connectivity index (χ0) is 24.3. The SMILES string of the molecule is C=CCn1c(=O)n(CC=C)c(=O)n(Cc2nc3c(c(=O)[nH]c(=O)n3CCCC)n2CC)c1=O. The molecular formula is C21H27N7O5. The van der Waals surface area contributed by atoms with Gasteiger partial charge in [-0.05, 0) is 13.3 Å². The number of imidazole rings is 1. The van der Waals surface area contributed by atoms with Crippen molar-refractivity contribution in [2.45, 2.75) is 59.4 Å². The van der Waals surface area contributed by atoms with E-state index in [1.54, 1.807) is 11.5 Å².